The number of nitrogen functional groups attached to an aromatic ring is 1. The Morgan fingerprint density at radius 2 is 1.78 bits per heavy atom. The second kappa shape index (κ2) is 4.77. The molecule has 94 valence electrons. The first kappa shape index (κ1) is 12.6. The standard InChI is InChI=1S/C15H19N3/c1-4-12-10-13(16)18-14(17-12)15(2,3)11-8-6-5-7-9-11/h5-10H,4H2,1-3H3,(H2,16,17,18). The van der Waals surface area contributed by atoms with Crippen molar-refractivity contribution in [3.8, 4) is 0 Å². The zero-order chi connectivity index (χ0) is 13.2. The number of anilines is 1. The van der Waals surface area contributed by atoms with Crippen molar-refractivity contribution in [3.63, 3.8) is 0 Å². The zero-order valence-corrected chi connectivity index (χ0v) is 11.1. The van der Waals surface area contributed by atoms with E-state index in [-0.39, 0.29) is 5.41 Å². The van der Waals surface area contributed by atoms with Gasteiger partial charge in [-0.1, -0.05) is 37.3 Å². The third kappa shape index (κ3) is 2.35. The molecule has 0 amide bonds. The van der Waals surface area contributed by atoms with Crippen LogP contribution in [0.25, 0.3) is 0 Å². The van der Waals surface area contributed by atoms with Crippen LogP contribution in [0.4, 0.5) is 5.82 Å². The number of benzene rings is 1. The molecule has 0 radical (unpaired) electrons. The highest BCUT2D eigenvalue weighted by atomic mass is 15.0. The van der Waals surface area contributed by atoms with Crippen molar-refractivity contribution in [2.24, 2.45) is 0 Å². The van der Waals surface area contributed by atoms with Gasteiger partial charge < -0.3 is 5.73 Å². The molecule has 2 aromatic rings. The maximum absolute atomic E-state index is 5.86. The lowest BCUT2D eigenvalue weighted by Gasteiger charge is -2.24. The number of nitrogens with zero attached hydrogens (tertiary/aromatic N) is 2. The summed E-state index contributed by atoms with van der Waals surface area (Å²) < 4.78 is 0. The SMILES string of the molecule is CCc1cc(N)nc(C(C)(C)c2ccccc2)n1. The molecule has 2 rings (SSSR count). The number of hydrogen-bond donors (Lipinski definition) is 1. The minimum Gasteiger partial charge on any atom is -0.384 e. The summed E-state index contributed by atoms with van der Waals surface area (Å²) in [4.78, 5) is 9.01. The molecule has 0 aliphatic carbocycles. The molecule has 0 saturated heterocycles. The maximum atomic E-state index is 5.86. The Balaban J connectivity index is 2.50. The summed E-state index contributed by atoms with van der Waals surface area (Å²) in [5.41, 5.74) is 7.80. The maximum Gasteiger partial charge on any atom is 0.140 e. The van der Waals surface area contributed by atoms with Gasteiger partial charge in [-0.3, -0.25) is 0 Å². The molecule has 0 bridgehead atoms. The number of hydrogen-bond acceptors (Lipinski definition) is 3. The van der Waals surface area contributed by atoms with Crippen LogP contribution in [-0.2, 0) is 11.8 Å². The van der Waals surface area contributed by atoms with Gasteiger partial charge in [-0.25, -0.2) is 9.97 Å². The van der Waals surface area contributed by atoms with Crippen LogP contribution in [0.5, 0.6) is 0 Å². The molecule has 0 fully saturated rings. The Labute approximate surface area is 108 Å². The van der Waals surface area contributed by atoms with Gasteiger partial charge in [0.25, 0.3) is 0 Å². The van der Waals surface area contributed by atoms with Crippen molar-refractivity contribution in [1.29, 1.82) is 0 Å². The second-order valence-corrected chi connectivity index (χ2v) is 4.95. The van der Waals surface area contributed by atoms with Gasteiger partial charge in [0, 0.05) is 17.2 Å². The minimum absolute atomic E-state index is 0.236. The fraction of sp³-hybridized carbons (Fsp3) is 0.333. The Morgan fingerprint density at radius 3 is 2.39 bits per heavy atom. The Hall–Kier alpha value is -1.90. The molecule has 1 aromatic carbocycles. The first-order chi connectivity index (χ1) is 8.54. The van der Waals surface area contributed by atoms with E-state index < -0.39 is 0 Å². The monoisotopic (exact) mass is 241 g/mol. The highest BCUT2D eigenvalue weighted by Crippen LogP contribution is 2.29. The molecule has 0 aliphatic rings. The summed E-state index contributed by atoms with van der Waals surface area (Å²) in [6.45, 7) is 6.31. The van der Waals surface area contributed by atoms with Gasteiger partial charge in [0.2, 0.25) is 0 Å². The summed E-state index contributed by atoms with van der Waals surface area (Å²) in [6.07, 6.45) is 0.866. The highest BCUT2D eigenvalue weighted by molar-refractivity contribution is 5.36. The van der Waals surface area contributed by atoms with E-state index in [1.807, 2.05) is 24.3 Å². The van der Waals surface area contributed by atoms with E-state index in [9.17, 15) is 0 Å². The van der Waals surface area contributed by atoms with Crippen molar-refractivity contribution in [1.82, 2.24) is 9.97 Å². The van der Waals surface area contributed by atoms with Crippen molar-refractivity contribution in [2.75, 3.05) is 5.73 Å². The second-order valence-electron chi connectivity index (χ2n) is 4.95. The molecule has 3 heteroatoms. The van der Waals surface area contributed by atoms with E-state index in [0.29, 0.717) is 5.82 Å². The Morgan fingerprint density at radius 1 is 1.11 bits per heavy atom. The molecule has 0 saturated carbocycles. The quantitative estimate of drug-likeness (QED) is 0.898. The van der Waals surface area contributed by atoms with Crippen LogP contribution in [0.3, 0.4) is 0 Å². The lowest BCUT2D eigenvalue weighted by Crippen LogP contribution is -2.23. The van der Waals surface area contributed by atoms with E-state index in [1.165, 1.54) is 5.56 Å². The summed E-state index contributed by atoms with van der Waals surface area (Å²) in [5.74, 6) is 1.33. The number of aromatic nitrogens is 2. The molecular weight excluding hydrogens is 222 g/mol. The van der Waals surface area contributed by atoms with Crippen molar-refractivity contribution in [3.05, 3.63) is 53.5 Å². The smallest absolute Gasteiger partial charge is 0.140 e. The van der Waals surface area contributed by atoms with Crippen LogP contribution in [0, 0.1) is 0 Å². The fourth-order valence-electron chi connectivity index (χ4n) is 1.96. The van der Waals surface area contributed by atoms with Crippen LogP contribution >= 0.6 is 0 Å². The van der Waals surface area contributed by atoms with Crippen molar-refractivity contribution >= 4 is 5.82 Å². The average molecular weight is 241 g/mol. The summed E-state index contributed by atoms with van der Waals surface area (Å²) >= 11 is 0. The van der Waals surface area contributed by atoms with Crippen LogP contribution in [0.15, 0.2) is 36.4 Å². The van der Waals surface area contributed by atoms with Crippen molar-refractivity contribution < 1.29 is 0 Å². The van der Waals surface area contributed by atoms with Gasteiger partial charge in [0.05, 0.1) is 0 Å². The van der Waals surface area contributed by atoms with Gasteiger partial charge >= 0.3 is 0 Å². The average Bonchev–Trinajstić information content (AvgIpc) is 2.39. The predicted molar refractivity (Wildman–Crippen MR) is 74.4 cm³/mol. The third-order valence-electron chi connectivity index (χ3n) is 3.22. The van der Waals surface area contributed by atoms with E-state index >= 15 is 0 Å². The molecular formula is C15H19N3. The molecule has 0 unspecified atom stereocenters. The molecule has 1 aromatic heterocycles. The summed E-state index contributed by atoms with van der Waals surface area (Å²) in [5, 5.41) is 0. The molecule has 1 heterocycles. The van der Waals surface area contributed by atoms with E-state index in [0.717, 1.165) is 17.9 Å². The van der Waals surface area contributed by atoms with E-state index in [4.69, 9.17) is 5.73 Å². The normalized spacial score (nSPS) is 11.5. The highest BCUT2D eigenvalue weighted by Gasteiger charge is 2.26. The number of rotatable bonds is 3. The van der Waals surface area contributed by atoms with Crippen molar-refractivity contribution in [2.45, 2.75) is 32.6 Å². The largest absolute Gasteiger partial charge is 0.384 e. The van der Waals surface area contributed by atoms with Crippen LogP contribution < -0.4 is 5.73 Å². The first-order valence-corrected chi connectivity index (χ1v) is 6.23. The van der Waals surface area contributed by atoms with Gasteiger partial charge in [0.15, 0.2) is 0 Å². The zero-order valence-electron chi connectivity index (χ0n) is 11.1. The predicted octanol–water partition coefficient (Wildman–Crippen LogP) is 2.95. The fourth-order valence-corrected chi connectivity index (χ4v) is 1.96. The molecule has 2 N–H and O–H groups in total. The van der Waals surface area contributed by atoms with Gasteiger partial charge in [-0.15, -0.1) is 0 Å². The molecule has 3 nitrogen and oxygen atoms in total. The van der Waals surface area contributed by atoms with Crippen LogP contribution in [0.2, 0.25) is 0 Å². The lowest BCUT2D eigenvalue weighted by molar-refractivity contribution is 0.587. The van der Waals surface area contributed by atoms with Gasteiger partial charge in [-0.05, 0) is 25.8 Å². The van der Waals surface area contributed by atoms with Crippen LogP contribution in [-0.4, -0.2) is 9.97 Å². The molecule has 18 heavy (non-hydrogen) atoms. The summed E-state index contributed by atoms with van der Waals surface area (Å²) in [7, 11) is 0. The van der Waals surface area contributed by atoms with E-state index in [2.05, 4.69) is 42.9 Å². The van der Waals surface area contributed by atoms with Gasteiger partial charge in [-0.2, -0.15) is 0 Å². The number of aryl methyl sites for hydroxylation is 1. The van der Waals surface area contributed by atoms with Crippen LogP contribution in [0.1, 0.15) is 37.9 Å². The molecule has 0 atom stereocenters. The Kier molecular flexibility index (Phi) is 3.32. The Bertz CT molecular complexity index is 533. The molecule has 0 aliphatic heterocycles. The van der Waals surface area contributed by atoms with Gasteiger partial charge in [0.1, 0.15) is 11.6 Å². The number of nitrogens with two attached hydrogens (primary N) is 1. The topological polar surface area (TPSA) is 51.8 Å². The molecule has 0 spiro atoms. The third-order valence-corrected chi connectivity index (χ3v) is 3.22. The summed E-state index contributed by atoms with van der Waals surface area (Å²) in [6, 6.07) is 12.1. The first-order valence-electron chi connectivity index (χ1n) is 6.23. The lowest BCUT2D eigenvalue weighted by atomic mass is 9.83. The van der Waals surface area contributed by atoms with E-state index in [1.54, 1.807) is 0 Å². The minimum atomic E-state index is -0.236.